The maximum Gasteiger partial charge on any atom is 0.430 e. The van der Waals surface area contributed by atoms with Crippen LogP contribution >= 0.6 is 11.3 Å². The monoisotopic (exact) mass is 556 g/mol. The van der Waals surface area contributed by atoms with E-state index in [1.807, 2.05) is 0 Å². The molecule has 0 radical (unpaired) electrons. The van der Waals surface area contributed by atoms with Gasteiger partial charge in [0.2, 0.25) is 0 Å². The Balaban J connectivity index is 1.99. The third kappa shape index (κ3) is 5.35. The molecule has 36 heavy (non-hydrogen) atoms. The van der Waals surface area contributed by atoms with E-state index in [4.69, 9.17) is 0 Å². The SMILES string of the molecule is CC[C@H](O)C#Cc1cc(C(O)(C(F)(F)F)C(F)(F)F)ccc1N1CCN(S(=O)(=O)c2cccs2)CC1. The molecule has 1 atom stereocenters. The lowest BCUT2D eigenvalue weighted by Gasteiger charge is -2.36. The number of piperazine rings is 1. The second-order valence-corrected chi connectivity index (χ2v) is 11.1. The lowest BCUT2D eigenvalue weighted by atomic mass is 9.90. The molecule has 1 aliphatic heterocycles. The summed E-state index contributed by atoms with van der Waals surface area (Å²) >= 11 is 1.05. The van der Waals surface area contributed by atoms with E-state index in [-0.39, 0.29) is 48.1 Å². The molecule has 14 heteroatoms. The lowest BCUT2D eigenvalue weighted by Crippen LogP contribution is -2.54. The van der Waals surface area contributed by atoms with E-state index < -0.39 is 39.6 Å². The van der Waals surface area contributed by atoms with E-state index in [1.54, 1.807) is 23.3 Å². The average Bonchev–Trinajstić information content (AvgIpc) is 3.36. The predicted octanol–water partition coefficient (Wildman–Crippen LogP) is 3.69. The zero-order valence-electron chi connectivity index (χ0n) is 18.8. The fraction of sp³-hybridized carbons (Fsp3) is 0.455. The van der Waals surface area contributed by atoms with Crippen molar-refractivity contribution in [2.75, 3.05) is 31.1 Å². The van der Waals surface area contributed by atoms with Crippen LogP contribution in [0.4, 0.5) is 32.0 Å². The minimum Gasteiger partial charge on any atom is -0.380 e. The van der Waals surface area contributed by atoms with E-state index in [0.717, 1.165) is 17.4 Å². The first-order chi connectivity index (χ1) is 16.6. The molecule has 1 aliphatic rings. The molecule has 0 saturated carbocycles. The van der Waals surface area contributed by atoms with Gasteiger partial charge in [-0.05, 0) is 30.0 Å². The van der Waals surface area contributed by atoms with Crippen molar-refractivity contribution in [3.05, 3.63) is 46.8 Å². The van der Waals surface area contributed by atoms with Crippen LogP contribution in [0.5, 0.6) is 0 Å². The summed E-state index contributed by atoms with van der Waals surface area (Å²) in [4.78, 5) is 1.58. The number of benzene rings is 1. The first kappa shape index (κ1) is 28.3. The van der Waals surface area contributed by atoms with Crippen molar-refractivity contribution >= 4 is 27.0 Å². The van der Waals surface area contributed by atoms with E-state index in [2.05, 4.69) is 11.8 Å². The molecule has 1 aromatic carbocycles. The predicted molar refractivity (Wildman–Crippen MR) is 121 cm³/mol. The van der Waals surface area contributed by atoms with Crippen LogP contribution in [0.2, 0.25) is 0 Å². The summed E-state index contributed by atoms with van der Waals surface area (Å²) in [6, 6.07) is 5.05. The summed E-state index contributed by atoms with van der Waals surface area (Å²) in [5, 5.41) is 21.2. The molecule has 1 fully saturated rings. The van der Waals surface area contributed by atoms with Gasteiger partial charge >= 0.3 is 12.4 Å². The molecule has 0 bridgehead atoms. The number of thiophene rings is 1. The topological polar surface area (TPSA) is 81.1 Å². The van der Waals surface area contributed by atoms with Crippen LogP contribution in [-0.2, 0) is 15.6 Å². The first-order valence-electron chi connectivity index (χ1n) is 10.6. The molecular formula is C22H22F6N2O4S2. The van der Waals surface area contributed by atoms with Crippen LogP contribution in [0.15, 0.2) is 39.9 Å². The van der Waals surface area contributed by atoms with E-state index in [1.165, 1.54) is 10.4 Å². The number of rotatable bonds is 5. The van der Waals surface area contributed by atoms with Crippen molar-refractivity contribution < 1.29 is 45.0 Å². The Labute approximate surface area is 207 Å². The van der Waals surface area contributed by atoms with Crippen LogP contribution in [0.1, 0.15) is 24.5 Å². The number of hydrogen-bond donors (Lipinski definition) is 2. The zero-order valence-corrected chi connectivity index (χ0v) is 20.4. The molecule has 2 heterocycles. The summed E-state index contributed by atoms with van der Waals surface area (Å²) in [7, 11) is -3.74. The van der Waals surface area contributed by atoms with Crippen LogP contribution in [0.3, 0.4) is 0 Å². The number of aliphatic hydroxyl groups excluding tert-OH is 1. The maximum atomic E-state index is 13.4. The minimum absolute atomic E-state index is 0.0154. The molecule has 1 saturated heterocycles. The Morgan fingerprint density at radius 1 is 1.06 bits per heavy atom. The Kier molecular flexibility index (Phi) is 8.02. The molecule has 198 valence electrons. The number of aliphatic hydroxyl groups is 2. The van der Waals surface area contributed by atoms with Gasteiger partial charge in [0.05, 0.1) is 5.69 Å². The van der Waals surface area contributed by atoms with Gasteiger partial charge in [-0.1, -0.05) is 30.9 Å². The van der Waals surface area contributed by atoms with Crippen LogP contribution in [0, 0.1) is 11.8 Å². The summed E-state index contributed by atoms with van der Waals surface area (Å²) in [6.45, 7) is 1.77. The summed E-state index contributed by atoms with van der Waals surface area (Å²) in [6.07, 6.45) is -13.2. The Hall–Kier alpha value is -2.31. The van der Waals surface area contributed by atoms with Crippen LogP contribution in [-0.4, -0.2) is 67.6 Å². The number of halogens is 6. The van der Waals surface area contributed by atoms with Crippen molar-refractivity contribution in [1.82, 2.24) is 4.31 Å². The molecule has 2 aromatic rings. The molecule has 0 unspecified atom stereocenters. The molecular weight excluding hydrogens is 534 g/mol. The van der Waals surface area contributed by atoms with Gasteiger partial charge in [0.1, 0.15) is 10.3 Å². The summed E-state index contributed by atoms with van der Waals surface area (Å²) in [5.41, 5.74) is -6.73. The zero-order chi connectivity index (χ0) is 26.9. The Bertz CT molecular complexity index is 1210. The standard InChI is InChI=1S/C22H22F6N2O4S2/c1-2-17(31)7-5-15-14-16(20(32,21(23,24)25)22(26,27)28)6-8-18(15)29-9-11-30(12-10-29)36(33,34)19-4-3-13-35-19/h3-4,6,8,13-14,17,31-32H,2,9-12H2,1H3/t17-/m0/s1. The van der Waals surface area contributed by atoms with Gasteiger partial charge in [-0.3, -0.25) is 0 Å². The third-order valence-electron chi connectivity index (χ3n) is 5.66. The number of hydrogen-bond acceptors (Lipinski definition) is 6. The van der Waals surface area contributed by atoms with Gasteiger partial charge in [-0.25, -0.2) is 8.42 Å². The fourth-order valence-corrected chi connectivity index (χ4v) is 6.16. The lowest BCUT2D eigenvalue weighted by molar-refractivity contribution is -0.376. The largest absolute Gasteiger partial charge is 0.430 e. The number of alkyl halides is 6. The fourth-order valence-electron chi connectivity index (χ4n) is 3.59. The van der Waals surface area contributed by atoms with Gasteiger partial charge in [0, 0.05) is 37.3 Å². The molecule has 6 nitrogen and oxygen atoms in total. The Morgan fingerprint density at radius 2 is 1.67 bits per heavy atom. The first-order valence-corrected chi connectivity index (χ1v) is 12.9. The van der Waals surface area contributed by atoms with Crippen molar-refractivity contribution in [1.29, 1.82) is 0 Å². The molecule has 0 spiro atoms. The summed E-state index contributed by atoms with van der Waals surface area (Å²) < 4.78 is 107. The van der Waals surface area contributed by atoms with E-state index in [0.29, 0.717) is 12.1 Å². The molecule has 0 aliphatic carbocycles. The quantitative estimate of drug-likeness (QED) is 0.434. The molecule has 3 rings (SSSR count). The highest BCUT2D eigenvalue weighted by molar-refractivity contribution is 7.91. The van der Waals surface area contributed by atoms with Gasteiger partial charge < -0.3 is 15.1 Å². The summed E-state index contributed by atoms with van der Waals surface area (Å²) in [5.74, 6) is 4.79. The minimum atomic E-state index is -6.07. The second-order valence-electron chi connectivity index (χ2n) is 7.95. The highest BCUT2D eigenvalue weighted by Gasteiger charge is 2.71. The maximum absolute atomic E-state index is 13.4. The van der Waals surface area contributed by atoms with Crippen molar-refractivity contribution in [2.24, 2.45) is 0 Å². The van der Waals surface area contributed by atoms with Gasteiger partial charge in [0.25, 0.3) is 15.6 Å². The Morgan fingerprint density at radius 3 is 2.17 bits per heavy atom. The van der Waals surface area contributed by atoms with Gasteiger partial charge in [-0.15, -0.1) is 11.3 Å². The molecule has 2 N–H and O–H groups in total. The third-order valence-corrected chi connectivity index (χ3v) is 8.94. The van der Waals surface area contributed by atoms with E-state index in [9.17, 15) is 45.0 Å². The van der Waals surface area contributed by atoms with E-state index >= 15 is 0 Å². The average molecular weight is 557 g/mol. The highest BCUT2D eigenvalue weighted by Crippen LogP contribution is 2.50. The molecule has 1 aromatic heterocycles. The highest BCUT2D eigenvalue weighted by atomic mass is 32.2. The number of anilines is 1. The van der Waals surface area contributed by atoms with Crippen LogP contribution in [0.25, 0.3) is 0 Å². The van der Waals surface area contributed by atoms with Crippen molar-refractivity contribution in [2.45, 2.75) is 41.6 Å². The number of sulfonamides is 1. The smallest absolute Gasteiger partial charge is 0.380 e. The van der Waals surface area contributed by atoms with Crippen molar-refractivity contribution in [3.8, 4) is 11.8 Å². The van der Waals surface area contributed by atoms with Gasteiger partial charge in [-0.2, -0.15) is 30.6 Å². The van der Waals surface area contributed by atoms with Gasteiger partial charge in [0.15, 0.2) is 0 Å². The van der Waals surface area contributed by atoms with Crippen molar-refractivity contribution in [3.63, 3.8) is 0 Å². The second kappa shape index (κ2) is 10.2. The molecule has 0 amide bonds. The number of nitrogens with zero attached hydrogens (tertiary/aromatic N) is 2. The van der Waals surface area contributed by atoms with Crippen LogP contribution < -0.4 is 4.90 Å². The normalized spacial score (nSPS) is 17.0.